The zero-order chi connectivity index (χ0) is 17.1. The number of hydrogen-bond donors (Lipinski definition) is 1. The zero-order valence-corrected chi connectivity index (χ0v) is 15.6. The van der Waals surface area contributed by atoms with Crippen LogP contribution in [0.3, 0.4) is 0 Å². The average Bonchev–Trinajstić information content (AvgIpc) is 2.58. The van der Waals surface area contributed by atoms with E-state index in [1.807, 2.05) is 6.92 Å². The Balaban J connectivity index is 1.72. The minimum atomic E-state index is -0.900. The van der Waals surface area contributed by atoms with E-state index in [0.717, 1.165) is 31.4 Å². The number of benzene rings is 1. The number of hydrogen-bond acceptors (Lipinski definition) is 2. The Morgan fingerprint density at radius 2 is 2.04 bits per heavy atom. The second-order valence-corrected chi connectivity index (χ2v) is 8.70. The summed E-state index contributed by atoms with van der Waals surface area (Å²) >= 11 is 6.40. The molecule has 0 radical (unpaired) electrons. The monoisotopic (exact) mass is 346 g/mol. The fraction of sp³-hybridized carbons (Fsp3) is 0.619. The SMILES string of the molecule is COc1ccc2c(c1)CC[C@@H]1[C@@H]2CC[C@@]2(C)[C@H]1CC=C(Cl)C2(C)O. The molecule has 0 bridgehead atoms. The first-order valence-corrected chi connectivity index (χ1v) is 9.51. The molecule has 0 spiro atoms. The van der Waals surface area contributed by atoms with Gasteiger partial charge >= 0.3 is 0 Å². The first kappa shape index (κ1) is 16.5. The van der Waals surface area contributed by atoms with Crippen molar-refractivity contribution in [2.24, 2.45) is 17.3 Å². The quantitative estimate of drug-likeness (QED) is 0.772. The van der Waals surface area contributed by atoms with Crippen molar-refractivity contribution in [3.8, 4) is 5.75 Å². The highest BCUT2D eigenvalue weighted by molar-refractivity contribution is 6.30. The van der Waals surface area contributed by atoms with E-state index in [2.05, 4.69) is 31.2 Å². The molecule has 1 aromatic carbocycles. The highest BCUT2D eigenvalue weighted by Gasteiger charge is 2.58. The summed E-state index contributed by atoms with van der Waals surface area (Å²) in [6, 6.07) is 6.59. The van der Waals surface area contributed by atoms with Crippen LogP contribution in [0.2, 0.25) is 0 Å². The topological polar surface area (TPSA) is 29.5 Å². The number of ether oxygens (including phenoxy) is 1. The van der Waals surface area contributed by atoms with Crippen LogP contribution in [0.5, 0.6) is 5.75 Å². The van der Waals surface area contributed by atoms with Gasteiger partial charge in [-0.15, -0.1) is 0 Å². The van der Waals surface area contributed by atoms with Crippen molar-refractivity contribution in [3.63, 3.8) is 0 Å². The number of aryl methyl sites for hydroxylation is 1. The van der Waals surface area contributed by atoms with Gasteiger partial charge in [0.1, 0.15) is 11.4 Å². The Morgan fingerprint density at radius 1 is 1.25 bits per heavy atom. The lowest BCUT2D eigenvalue weighted by Gasteiger charge is -2.58. The average molecular weight is 347 g/mol. The van der Waals surface area contributed by atoms with Gasteiger partial charge in [-0.25, -0.2) is 0 Å². The molecule has 0 amide bonds. The van der Waals surface area contributed by atoms with Crippen molar-refractivity contribution in [2.75, 3.05) is 7.11 Å². The van der Waals surface area contributed by atoms with Crippen molar-refractivity contribution in [1.82, 2.24) is 0 Å². The maximum atomic E-state index is 11.1. The molecule has 1 saturated carbocycles. The van der Waals surface area contributed by atoms with Gasteiger partial charge < -0.3 is 9.84 Å². The third-order valence-corrected chi connectivity index (χ3v) is 7.97. The molecule has 0 heterocycles. The van der Waals surface area contributed by atoms with E-state index in [9.17, 15) is 5.11 Å². The Kier molecular flexibility index (Phi) is 3.78. The molecule has 3 aliphatic rings. The number of fused-ring (bicyclic) bond motifs is 5. The van der Waals surface area contributed by atoms with Crippen LogP contribution in [-0.2, 0) is 6.42 Å². The molecule has 4 rings (SSSR count). The number of aliphatic hydroxyl groups is 1. The fourth-order valence-electron chi connectivity index (χ4n) is 5.75. The molecule has 5 atom stereocenters. The van der Waals surface area contributed by atoms with Crippen LogP contribution in [-0.4, -0.2) is 17.8 Å². The maximum absolute atomic E-state index is 11.1. The van der Waals surface area contributed by atoms with Crippen LogP contribution >= 0.6 is 11.6 Å². The van der Waals surface area contributed by atoms with Crippen LogP contribution in [0.25, 0.3) is 0 Å². The molecule has 130 valence electrons. The smallest absolute Gasteiger partial charge is 0.119 e. The summed E-state index contributed by atoms with van der Waals surface area (Å²) in [7, 11) is 1.74. The summed E-state index contributed by atoms with van der Waals surface area (Å²) in [5, 5.41) is 11.8. The van der Waals surface area contributed by atoms with E-state index < -0.39 is 5.60 Å². The highest BCUT2D eigenvalue weighted by Crippen LogP contribution is 2.62. The predicted octanol–water partition coefficient (Wildman–Crippen LogP) is 5.03. The first-order chi connectivity index (χ1) is 11.4. The normalized spacial score (nSPS) is 40.9. The Labute approximate surface area is 149 Å². The molecule has 3 heteroatoms. The molecule has 0 saturated heterocycles. The summed E-state index contributed by atoms with van der Waals surface area (Å²) in [4.78, 5) is 0. The fourth-order valence-corrected chi connectivity index (χ4v) is 6.05. The summed E-state index contributed by atoms with van der Waals surface area (Å²) in [5.74, 6) is 2.71. The minimum Gasteiger partial charge on any atom is -0.497 e. The molecular formula is C21H27ClO2. The van der Waals surface area contributed by atoms with E-state index in [0.29, 0.717) is 22.8 Å². The van der Waals surface area contributed by atoms with Crippen LogP contribution < -0.4 is 4.74 Å². The Bertz CT molecular complexity index is 693. The van der Waals surface area contributed by atoms with Crippen molar-refractivity contribution in [1.29, 1.82) is 0 Å². The molecule has 1 N–H and O–H groups in total. The summed E-state index contributed by atoms with van der Waals surface area (Å²) in [6.45, 7) is 4.17. The lowest BCUT2D eigenvalue weighted by atomic mass is 9.48. The van der Waals surface area contributed by atoms with Gasteiger partial charge in [-0.2, -0.15) is 0 Å². The molecule has 24 heavy (non-hydrogen) atoms. The Morgan fingerprint density at radius 3 is 2.79 bits per heavy atom. The lowest BCUT2D eigenvalue weighted by Crippen LogP contribution is -2.56. The number of methoxy groups -OCH3 is 1. The van der Waals surface area contributed by atoms with E-state index in [-0.39, 0.29) is 5.41 Å². The van der Waals surface area contributed by atoms with Crippen molar-refractivity contribution >= 4 is 11.6 Å². The number of halogens is 1. The summed E-state index contributed by atoms with van der Waals surface area (Å²) < 4.78 is 5.40. The highest BCUT2D eigenvalue weighted by atomic mass is 35.5. The molecule has 1 aromatic rings. The van der Waals surface area contributed by atoms with E-state index >= 15 is 0 Å². The molecule has 2 nitrogen and oxygen atoms in total. The van der Waals surface area contributed by atoms with Crippen LogP contribution in [0.1, 0.15) is 56.6 Å². The van der Waals surface area contributed by atoms with Crippen LogP contribution in [0.15, 0.2) is 29.3 Å². The number of rotatable bonds is 1. The Hall–Kier alpha value is -0.990. The minimum absolute atomic E-state index is 0.121. The van der Waals surface area contributed by atoms with Crippen molar-refractivity contribution < 1.29 is 9.84 Å². The van der Waals surface area contributed by atoms with Gasteiger partial charge in [-0.1, -0.05) is 30.7 Å². The van der Waals surface area contributed by atoms with Crippen molar-refractivity contribution in [3.05, 3.63) is 40.4 Å². The van der Waals surface area contributed by atoms with Crippen LogP contribution in [0, 0.1) is 17.3 Å². The van der Waals surface area contributed by atoms with E-state index in [1.165, 1.54) is 17.5 Å². The van der Waals surface area contributed by atoms with Crippen molar-refractivity contribution in [2.45, 2.75) is 57.5 Å². The standard InChI is InChI=1S/C21H27ClO2/c1-20-11-10-16-15-7-5-14(24-3)12-13(15)4-6-17(16)18(20)8-9-19(22)21(20,2)23/h5,7,9,12,16-18,23H,4,6,8,10-11H2,1-3H3/t16-,17-,18+,20+,21?/m1/s1. The molecule has 1 fully saturated rings. The lowest BCUT2D eigenvalue weighted by molar-refractivity contribution is -0.114. The number of allylic oxidation sites excluding steroid dienone is 1. The maximum Gasteiger partial charge on any atom is 0.119 e. The second-order valence-electron chi connectivity index (χ2n) is 8.30. The molecule has 3 aliphatic carbocycles. The zero-order valence-electron chi connectivity index (χ0n) is 14.8. The third kappa shape index (κ3) is 2.12. The second kappa shape index (κ2) is 5.51. The van der Waals surface area contributed by atoms with Gasteiger partial charge in [0.25, 0.3) is 0 Å². The van der Waals surface area contributed by atoms with Gasteiger partial charge in [-0.3, -0.25) is 0 Å². The van der Waals surface area contributed by atoms with Gasteiger partial charge in [0.2, 0.25) is 0 Å². The van der Waals surface area contributed by atoms with E-state index in [1.54, 1.807) is 7.11 Å². The van der Waals surface area contributed by atoms with Gasteiger partial charge in [0.05, 0.1) is 7.11 Å². The molecule has 1 unspecified atom stereocenters. The molecule has 0 aliphatic heterocycles. The summed E-state index contributed by atoms with van der Waals surface area (Å²) in [6.07, 6.45) is 7.54. The molecule has 0 aromatic heterocycles. The van der Waals surface area contributed by atoms with Gasteiger partial charge in [0.15, 0.2) is 0 Å². The summed E-state index contributed by atoms with van der Waals surface area (Å²) in [5.41, 5.74) is 1.94. The first-order valence-electron chi connectivity index (χ1n) is 9.14. The van der Waals surface area contributed by atoms with Gasteiger partial charge in [0, 0.05) is 10.4 Å². The predicted molar refractivity (Wildman–Crippen MR) is 97.6 cm³/mol. The van der Waals surface area contributed by atoms with E-state index in [4.69, 9.17) is 16.3 Å². The largest absolute Gasteiger partial charge is 0.497 e. The van der Waals surface area contributed by atoms with Gasteiger partial charge in [-0.05, 0) is 80.0 Å². The third-order valence-electron chi connectivity index (χ3n) is 7.45. The van der Waals surface area contributed by atoms with Crippen LogP contribution in [0.4, 0.5) is 0 Å². The molecular weight excluding hydrogens is 320 g/mol.